The first kappa shape index (κ1) is 14.6. The lowest BCUT2D eigenvalue weighted by Crippen LogP contribution is -2.38. The van der Waals surface area contributed by atoms with Crippen LogP contribution >= 0.6 is 11.6 Å². The number of amides is 1. The molecule has 0 radical (unpaired) electrons. The van der Waals surface area contributed by atoms with Gasteiger partial charge in [0.05, 0.1) is 11.8 Å². The van der Waals surface area contributed by atoms with Gasteiger partial charge in [-0.2, -0.15) is 0 Å². The summed E-state index contributed by atoms with van der Waals surface area (Å²) in [4.78, 5) is 23.3. The number of carboxylic acids is 1. The van der Waals surface area contributed by atoms with Crippen LogP contribution in [0.25, 0.3) is 0 Å². The average Bonchev–Trinajstić information content (AvgIpc) is 2.46. The highest BCUT2D eigenvalue weighted by atomic mass is 35.5. The molecular weight excluding hydrogens is 278 g/mol. The maximum absolute atomic E-state index is 12.1. The molecule has 0 fully saturated rings. The predicted molar refractivity (Wildman–Crippen MR) is 76.3 cm³/mol. The molecule has 0 heterocycles. The zero-order valence-electron chi connectivity index (χ0n) is 10.9. The summed E-state index contributed by atoms with van der Waals surface area (Å²) in [5.74, 6) is -2.32. The molecule has 0 aliphatic heterocycles. The van der Waals surface area contributed by atoms with Crippen LogP contribution in [0.15, 0.2) is 36.4 Å². The molecule has 4 nitrogen and oxygen atoms in total. The van der Waals surface area contributed by atoms with Gasteiger partial charge in [-0.05, 0) is 24.5 Å². The molecule has 106 valence electrons. The molecule has 0 spiro atoms. The van der Waals surface area contributed by atoms with Crippen molar-refractivity contribution < 1.29 is 14.7 Å². The third kappa shape index (κ3) is 3.39. The van der Waals surface area contributed by atoms with Gasteiger partial charge in [0, 0.05) is 11.6 Å². The Balaban J connectivity index is 1.99. The molecule has 1 aromatic rings. The second-order valence-electron chi connectivity index (χ2n) is 4.80. The fourth-order valence-corrected chi connectivity index (χ4v) is 2.53. The van der Waals surface area contributed by atoms with Crippen molar-refractivity contribution >= 4 is 23.5 Å². The molecule has 1 aliphatic carbocycles. The molecule has 0 saturated heterocycles. The molecule has 0 aromatic heterocycles. The zero-order chi connectivity index (χ0) is 14.5. The number of carboxylic acid groups (broad SMARTS) is 1. The fourth-order valence-electron chi connectivity index (χ4n) is 2.33. The van der Waals surface area contributed by atoms with Crippen LogP contribution in [-0.4, -0.2) is 17.0 Å². The summed E-state index contributed by atoms with van der Waals surface area (Å²) < 4.78 is 0. The van der Waals surface area contributed by atoms with Gasteiger partial charge in [-0.25, -0.2) is 0 Å². The highest BCUT2D eigenvalue weighted by Gasteiger charge is 2.33. The van der Waals surface area contributed by atoms with Crippen LogP contribution in [0.5, 0.6) is 0 Å². The van der Waals surface area contributed by atoms with E-state index in [1.807, 2.05) is 30.4 Å². The minimum Gasteiger partial charge on any atom is -0.481 e. The first-order chi connectivity index (χ1) is 9.59. The normalized spacial score (nSPS) is 21.4. The highest BCUT2D eigenvalue weighted by Crippen LogP contribution is 2.26. The van der Waals surface area contributed by atoms with Crippen molar-refractivity contribution in [2.24, 2.45) is 11.8 Å². The summed E-state index contributed by atoms with van der Waals surface area (Å²) in [6.45, 7) is 0.311. The smallest absolute Gasteiger partial charge is 0.307 e. The van der Waals surface area contributed by atoms with Crippen molar-refractivity contribution in [2.75, 3.05) is 0 Å². The molecule has 1 amide bonds. The van der Waals surface area contributed by atoms with Gasteiger partial charge in [0.15, 0.2) is 0 Å². The van der Waals surface area contributed by atoms with E-state index in [0.29, 0.717) is 24.4 Å². The molecular formula is C15H16ClNO3. The van der Waals surface area contributed by atoms with E-state index in [0.717, 1.165) is 5.56 Å². The molecule has 5 heteroatoms. The Morgan fingerprint density at radius 2 is 1.85 bits per heavy atom. The second-order valence-corrected chi connectivity index (χ2v) is 5.21. The van der Waals surface area contributed by atoms with E-state index >= 15 is 0 Å². The summed E-state index contributed by atoms with van der Waals surface area (Å²) in [5, 5.41) is 12.5. The first-order valence-electron chi connectivity index (χ1n) is 6.48. The molecule has 1 aliphatic rings. The molecule has 2 N–H and O–H groups in total. The molecule has 0 saturated carbocycles. The molecule has 1 aromatic carbocycles. The second kappa shape index (κ2) is 6.57. The van der Waals surface area contributed by atoms with E-state index < -0.39 is 17.8 Å². The number of carbonyl (C=O) groups excluding carboxylic acids is 1. The van der Waals surface area contributed by atoms with Gasteiger partial charge in [0.25, 0.3) is 0 Å². The average molecular weight is 294 g/mol. The van der Waals surface area contributed by atoms with Gasteiger partial charge in [-0.1, -0.05) is 42.0 Å². The quantitative estimate of drug-likeness (QED) is 0.839. The van der Waals surface area contributed by atoms with Crippen molar-refractivity contribution in [2.45, 2.75) is 19.4 Å². The van der Waals surface area contributed by atoms with Crippen molar-refractivity contribution in [3.63, 3.8) is 0 Å². The van der Waals surface area contributed by atoms with Crippen molar-refractivity contribution in [3.8, 4) is 0 Å². The maximum Gasteiger partial charge on any atom is 0.307 e. The Bertz CT molecular complexity index is 542. The minimum absolute atomic E-state index is 0.235. The highest BCUT2D eigenvalue weighted by molar-refractivity contribution is 6.31. The number of hydrogen-bond donors (Lipinski definition) is 2. The van der Waals surface area contributed by atoms with Gasteiger partial charge < -0.3 is 10.4 Å². The Morgan fingerprint density at radius 3 is 2.50 bits per heavy atom. The molecule has 2 rings (SSSR count). The van der Waals surface area contributed by atoms with E-state index in [1.54, 1.807) is 6.07 Å². The summed E-state index contributed by atoms with van der Waals surface area (Å²) in [5.41, 5.74) is 0.820. The number of hydrogen-bond acceptors (Lipinski definition) is 2. The van der Waals surface area contributed by atoms with Crippen molar-refractivity contribution in [1.29, 1.82) is 0 Å². The van der Waals surface area contributed by atoms with Crippen LogP contribution < -0.4 is 5.32 Å². The van der Waals surface area contributed by atoms with E-state index in [2.05, 4.69) is 5.32 Å². The summed E-state index contributed by atoms with van der Waals surface area (Å²) in [6, 6.07) is 7.25. The molecule has 2 atom stereocenters. The van der Waals surface area contributed by atoms with E-state index in [1.165, 1.54) is 0 Å². The largest absolute Gasteiger partial charge is 0.481 e. The lowest BCUT2D eigenvalue weighted by molar-refractivity contribution is -0.147. The Morgan fingerprint density at radius 1 is 1.20 bits per heavy atom. The summed E-state index contributed by atoms with van der Waals surface area (Å²) in [7, 11) is 0. The van der Waals surface area contributed by atoms with Gasteiger partial charge in [0.1, 0.15) is 0 Å². The van der Waals surface area contributed by atoms with E-state index in [4.69, 9.17) is 16.7 Å². The SMILES string of the molecule is O=C(O)C1CC=CCC1C(=O)NCc1ccccc1Cl. The first-order valence-corrected chi connectivity index (χ1v) is 6.86. The third-order valence-corrected chi connectivity index (χ3v) is 3.87. The molecule has 0 bridgehead atoms. The van der Waals surface area contributed by atoms with Gasteiger partial charge in [-0.3, -0.25) is 9.59 Å². The number of allylic oxidation sites excluding steroid dienone is 2. The minimum atomic E-state index is -0.924. The number of nitrogens with one attached hydrogen (secondary N) is 1. The van der Waals surface area contributed by atoms with Crippen LogP contribution in [0.3, 0.4) is 0 Å². The van der Waals surface area contributed by atoms with E-state index in [9.17, 15) is 9.59 Å². The van der Waals surface area contributed by atoms with Crippen LogP contribution in [0.1, 0.15) is 18.4 Å². The van der Waals surface area contributed by atoms with Crippen molar-refractivity contribution in [3.05, 3.63) is 47.0 Å². The predicted octanol–water partition coefficient (Wildman–Crippen LogP) is 2.62. The van der Waals surface area contributed by atoms with Crippen LogP contribution in [0.4, 0.5) is 0 Å². The number of aliphatic carboxylic acids is 1. The summed E-state index contributed by atoms with van der Waals surface area (Å²) >= 11 is 6.02. The Kier molecular flexibility index (Phi) is 4.79. The van der Waals surface area contributed by atoms with Crippen LogP contribution in [0, 0.1) is 11.8 Å². The van der Waals surface area contributed by atoms with Gasteiger partial charge in [0.2, 0.25) is 5.91 Å². The third-order valence-electron chi connectivity index (χ3n) is 3.50. The maximum atomic E-state index is 12.1. The van der Waals surface area contributed by atoms with Gasteiger partial charge in [-0.15, -0.1) is 0 Å². The lowest BCUT2D eigenvalue weighted by Gasteiger charge is -2.24. The lowest BCUT2D eigenvalue weighted by atomic mass is 9.82. The fraction of sp³-hybridized carbons (Fsp3) is 0.333. The standard InChI is InChI=1S/C15H16ClNO3/c16-13-8-4-1-5-10(13)9-17-14(18)11-6-2-3-7-12(11)15(19)20/h1-5,8,11-12H,6-7,9H2,(H,17,18)(H,19,20). The zero-order valence-corrected chi connectivity index (χ0v) is 11.6. The summed E-state index contributed by atoms with van der Waals surface area (Å²) in [6.07, 6.45) is 4.54. The molecule has 20 heavy (non-hydrogen) atoms. The van der Waals surface area contributed by atoms with Gasteiger partial charge >= 0.3 is 5.97 Å². The number of benzene rings is 1. The van der Waals surface area contributed by atoms with Crippen molar-refractivity contribution in [1.82, 2.24) is 5.32 Å². The van der Waals surface area contributed by atoms with Crippen LogP contribution in [0.2, 0.25) is 5.02 Å². The Hall–Kier alpha value is -1.81. The number of rotatable bonds is 4. The van der Waals surface area contributed by atoms with Crippen LogP contribution in [-0.2, 0) is 16.1 Å². The number of carbonyl (C=O) groups is 2. The Labute approximate surface area is 122 Å². The molecule has 2 unspecified atom stereocenters. The van der Waals surface area contributed by atoms with E-state index in [-0.39, 0.29) is 5.91 Å². The number of halogens is 1. The monoisotopic (exact) mass is 293 g/mol. The topological polar surface area (TPSA) is 66.4 Å².